The Hall–Kier alpha value is -1.55. The molecule has 1 rings (SSSR count). The van der Waals surface area contributed by atoms with Gasteiger partial charge in [-0.2, -0.15) is 0 Å². The molecule has 4 N–H and O–H groups in total. The van der Waals surface area contributed by atoms with Gasteiger partial charge in [-0.3, -0.25) is 4.79 Å². The van der Waals surface area contributed by atoms with Crippen molar-refractivity contribution in [1.29, 1.82) is 0 Å². The lowest BCUT2D eigenvalue weighted by molar-refractivity contribution is -0.121. The van der Waals surface area contributed by atoms with Crippen molar-refractivity contribution in [2.24, 2.45) is 5.41 Å². The number of hydrogen-bond donors (Lipinski definition) is 3. The average Bonchev–Trinajstić information content (AvgIpc) is 2.44. The summed E-state index contributed by atoms with van der Waals surface area (Å²) in [4.78, 5) is 12.0. The lowest BCUT2D eigenvalue weighted by Gasteiger charge is -2.25. The van der Waals surface area contributed by atoms with Crippen molar-refractivity contribution in [1.82, 2.24) is 5.32 Å². The molecule has 0 aliphatic heterocycles. The summed E-state index contributed by atoms with van der Waals surface area (Å²) in [7, 11) is 0. The summed E-state index contributed by atoms with van der Waals surface area (Å²) < 4.78 is 0. The van der Waals surface area contributed by atoms with E-state index in [2.05, 4.69) is 19.2 Å². The summed E-state index contributed by atoms with van der Waals surface area (Å²) >= 11 is 0. The van der Waals surface area contributed by atoms with Crippen molar-refractivity contribution in [3.8, 4) is 0 Å². The van der Waals surface area contributed by atoms with Crippen LogP contribution in [0.25, 0.3) is 0 Å². The van der Waals surface area contributed by atoms with E-state index in [1.54, 1.807) is 0 Å². The third-order valence-electron chi connectivity index (χ3n) is 3.77. The first-order valence-electron chi connectivity index (χ1n) is 7.57. The van der Waals surface area contributed by atoms with Crippen LogP contribution in [0.5, 0.6) is 0 Å². The third kappa shape index (κ3) is 6.63. The van der Waals surface area contributed by atoms with Gasteiger partial charge in [0.15, 0.2) is 0 Å². The molecule has 0 aliphatic rings. The molecule has 0 spiro atoms. The Balaban J connectivity index is 2.41. The number of hydrogen-bond acceptors (Lipinski definition) is 3. The summed E-state index contributed by atoms with van der Waals surface area (Å²) in [6.45, 7) is 7.09. The number of aliphatic hydroxyl groups is 1. The number of amides is 1. The minimum absolute atomic E-state index is 0.0167. The fourth-order valence-corrected chi connectivity index (χ4v) is 2.28. The van der Waals surface area contributed by atoms with Gasteiger partial charge in [0.25, 0.3) is 0 Å². The van der Waals surface area contributed by atoms with Crippen LogP contribution in [0.1, 0.15) is 51.5 Å². The van der Waals surface area contributed by atoms with Gasteiger partial charge in [-0.05, 0) is 41.9 Å². The summed E-state index contributed by atoms with van der Waals surface area (Å²) in [5.41, 5.74) is 7.54. The highest BCUT2D eigenvalue weighted by Gasteiger charge is 2.19. The predicted molar refractivity (Wildman–Crippen MR) is 87.0 cm³/mol. The molecule has 0 aliphatic carbocycles. The van der Waals surface area contributed by atoms with E-state index in [-0.39, 0.29) is 23.8 Å². The molecule has 0 heterocycles. The predicted octanol–water partition coefficient (Wildman–Crippen LogP) is 2.68. The van der Waals surface area contributed by atoms with E-state index < -0.39 is 0 Å². The molecule has 1 unspecified atom stereocenters. The number of nitrogens with one attached hydrogen (secondary N) is 1. The van der Waals surface area contributed by atoms with Gasteiger partial charge < -0.3 is 16.2 Å². The largest absolute Gasteiger partial charge is 0.399 e. The van der Waals surface area contributed by atoms with Crippen LogP contribution in [0.2, 0.25) is 0 Å². The van der Waals surface area contributed by atoms with Gasteiger partial charge in [0, 0.05) is 25.3 Å². The molecule has 1 aromatic carbocycles. The third-order valence-corrected chi connectivity index (χ3v) is 3.77. The Morgan fingerprint density at radius 3 is 2.52 bits per heavy atom. The normalized spacial score (nSPS) is 13.0. The molecule has 0 aromatic heterocycles. The van der Waals surface area contributed by atoms with Crippen molar-refractivity contribution in [3.63, 3.8) is 0 Å². The van der Waals surface area contributed by atoms with Crippen molar-refractivity contribution in [2.75, 3.05) is 18.9 Å². The van der Waals surface area contributed by atoms with Crippen LogP contribution in [0, 0.1) is 5.41 Å². The Morgan fingerprint density at radius 2 is 1.95 bits per heavy atom. The van der Waals surface area contributed by atoms with Crippen LogP contribution in [-0.4, -0.2) is 24.2 Å². The lowest BCUT2D eigenvalue weighted by atomic mass is 9.87. The summed E-state index contributed by atoms with van der Waals surface area (Å²) in [5.74, 6) is 0.238. The smallest absolute Gasteiger partial charge is 0.220 e. The van der Waals surface area contributed by atoms with Gasteiger partial charge in [0.05, 0.1) is 0 Å². The minimum atomic E-state index is 0.0167. The highest BCUT2D eigenvalue weighted by molar-refractivity contribution is 5.76. The number of nitrogens with two attached hydrogens (primary N) is 1. The number of carbonyl (C=O) groups is 1. The van der Waals surface area contributed by atoms with Crippen LogP contribution < -0.4 is 11.1 Å². The molecule has 1 atom stereocenters. The highest BCUT2D eigenvalue weighted by atomic mass is 16.2. The van der Waals surface area contributed by atoms with Gasteiger partial charge in [0.2, 0.25) is 5.91 Å². The quantitative estimate of drug-likeness (QED) is 0.645. The van der Waals surface area contributed by atoms with Crippen LogP contribution in [0.3, 0.4) is 0 Å². The second-order valence-corrected chi connectivity index (χ2v) is 6.54. The molecule has 0 saturated heterocycles. The van der Waals surface area contributed by atoms with E-state index in [0.717, 1.165) is 24.1 Å². The van der Waals surface area contributed by atoms with Gasteiger partial charge >= 0.3 is 0 Å². The summed E-state index contributed by atoms with van der Waals surface area (Å²) in [6.07, 6.45) is 2.14. The fourth-order valence-electron chi connectivity index (χ4n) is 2.28. The van der Waals surface area contributed by atoms with Gasteiger partial charge in [-0.25, -0.2) is 0 Å². The summed E-state index contributed by atoms with van der Waals surface area (Å²) in [5, 5.41) is 11.9. The van der Waals surface area contributed by atoms with Crippen molar-refractivity contribution >= 4 is 11.6 Å². The molecule has 0 saturated carbocycles. The lowest BCUT2D eigenvalue weighted by Crippen LogP contribution is -2.34. The topological polar surface area (TPSA) is 75.3 Å². The zero-order valence-corrected chi connectivity index (χ0v) is 13.4. The zero-order valence-electron chi connectivity index (χ0n) is 13.4. The van der Waals surface area contributed by atoms with E-state index in [1.165, 1.54) is 0 Å². The maximum Gasteiger partial charge on any atom is 0.220 e. The second kappa shape index (κ2) is 8.03. The number of nitrogen functional groups attached to an aromatic ring is 1. The molecule has 0 bridgehead atoms. The van der Waals surface area contributed by atoms with Crippen LogP contribution >= 0.6 is 0 Å². The van der Waals surface area contributed by atoms with E-state index >= 15 is 0 Å². The van der Waals surface area contributed by atoms with Gasteiger partial charge in [-0.1, -0.05) is 32.9 Å². The highest BCUT2D eigenvalue weighted by Crippen LogP contribution is 2.22. The Kier molecular flexibility index (Phi) is 6.69. The maximum atomic E-state index is 12.0. The zero-order chi connectivity index (χ0) is 15.9. The molecule has 1 amide bonds. The molecule has 4 nitrogen and oxygen atoms in total. The molecule has 1 aromatic rings. The Labute approximate surface area is 127 Å². The van der Waals surface area contributed by atoms with Crippen molar-refractivity contribution < 1.29 is 9.90 Å². The molecule has 0 fully saturated rings. The van der Waals surface area contributed by atoms with Crippen LogP contribution in [-0.2, 0) is 4.79 Å². The minimum Gasteiger partial charge on any atom is -0.399 e. The van der Waals surface area contributed by atoms with Crippen molar-refractivity contribution in [2.45, 2.75) is 46.0 Å². The van der Waals surface area contributed by atoms with E-state index in [1.807, 2.05) is 31.2 Å². The first kappa shape index (κ1) is 17.5. The SMILES string of the molecule is CC(CC(=O)NCC(C)(C)CCCO)c1ccc(N)cc1. The number of carbonyl (C=O) groups excluding carboxylic acids is 1. The maximum absolute atomic E-state index is 12.0. The van der Waals surface area contributed by atoms with Gasteiger partial charge in [0.1, 0.15) is 0 Å². The number of anilines is 1. The molecule has 4 heteroatoms. The van der Waals surface area contributed by atoms with E-state index in [0.29, 0.717) is 13.0 Å². The van der Waals surface area contributed by atoms with Crippen molar-refractivity contribution in [3.05, 3.63) is 29.8 Å². The van der Waals surface area contributed by atoms with Crippen LogP contribution in [0.15, 0.2) is 24.3 Å². The van der Waals surface area contributed by atoms with E-state index in [4.69, 9.17) is 10.8 Å². The molecular weight excluding hydrogens is 264 g/mol. The monoisotopic (exact) mass is 292 g/mol. The number of aliphatic hydroxyl groups excluding tert-OH is 1. The molecular formula is C17H28N2O2. The second-order valence-electron chi connectivity index (χ2n) is 6.54. The molecule has 0 radical (unpaired) electrons. The van der Waals surface area contributed by atoms with Gasteiger partial charge in [-0.15, -0.1) is 0 Å². The number of rotatable bonds is 8. The first-order chi connectivity index (χ1) is 9.84. The average molecular weight is 292 g/mol. The van der Waals surface area contributed by atoms with Crippen LogP contribution in [0.4, 0.5) is 5.69 Å². The molecule has 118 valence electrons. The standard InChI is InChI=1S/C17H28N2O2/c1-13(14-5-7-15(18)8-6-14)11-16(21)19-12-17(2,3)9-4-10-20/h5-8,13,20H,4,9-12,18H2,1-3H3,(H,19,21). The Bertz CT molecular complexity index is 441. The number of benzene rings is 1. The Morgan fingerprint density at radius 1 is 1.33 bits per heavy atom. The summed E-state index contributed by atoms with van der Waals surface area (Å²) in [6, 6.07) is 7.67. The molecule has 21 heavy (non-hydrogen) atoms. The first-order valence-corrected chi connectivity index (χ1v) is 7.57. The fraction of sp³-hybridized carbons (Fsp3) is 0.588. The van der Waals surface area contributed by atoms with E-state index in [9.17, 15) is 4.79 Å².